The normalized spacial score (nSPS) is 19.5. The Hall–Kier alpha value is -1.06. The maximum absolute atomic E-state index is 9.64. The highest BCUT2D eigenvalue weighted by molar-refractivity contribution is 5.28. The van der Waals surface area contributed by atoms with E-state index in [9.17, 15) is 10.2 Å². The van der Waals surface area contributed by atoms with Crippen molar-refractivity contribution in [1.29, 1.82) is 0 Å². The first-order chi connectivity index (χ1) is 9.19. The smallest absolute Gasteiger partial charge is 0.115 e. The molecule has 3 heteroatoms. The van der Waals surface area contributed by atoms with E-state index in [1.807, 2.05) is 12.1 Å². The molecule has 3 N–H and O–H groups in total. The van der Waals surface area contributed by atoms with Crippen LogP contribution in [-0.2, 0) is 0 Å². The summed E-state index contributed by atoms with van der Waals surface area (Å²) in [5.74, 6) is 0.307. The number of rotatable bonds is 6. The number of hydrogen-bond acceptors (Lipinski definition) is 3. The average molecular weight is 263 g/mol. The molecule has 0 aromatic heterocycles. The second kappa shape index (κ2) is 6.40. The molecule has 1 fully saturated rings. The van der Waals surface area contributed by atoms with E-state index in [0.29, 0.717) is 11.8 Å². The first kappa shape index (κ1) is 14.4. The third-order valence-corrected chi connectivity index (χ3v) is 4.43. The lowest BCUT2D eigenvalue weighted by Crippen LogP contribution is -2.37. The van der Waals surface area contributed by atoms with E-state index < -0.39 is 0 Å². The van der Waals surface area contributed by atoms with Gasteiger partial charge in [-0.15, -0.1) is 0 Å². The van der Waals surface area contributed by atoms with Crippen molar-refractivity contribution < 1.29 is 10.2 Å². The van der Waals surface area contributed by atoms with E-state index in [4.69, 9.17) is 0 Å². The monoisotopic (exact) mass is 263 g/mol. The van der Waals surface area contributed by atoms with Crippen molar-refractivity contribution >= 4 is 0 Å². The van der Waals surface area contributed by atoms with E-state index in [1.165, 1.54) is 18.4 Å². The van der Waals surface area contributed by atoms with Crippen LogP contribution in [0.15, 0.2) is 24.3 Å². The Labute approximate surface area is 115 Å². The Kier molecular flexibility index (Phi) is 4.83. The molecule has 106 valence electrons. The molecule has 1 aromatic rings. The topological polar surface area (TPSA) is 52.5 Å². The fourth-order valence-corrected chi connectivity index (χ4v) is 3.06. The number of aromatic hydroxyl groups is 1. The maximum Gasteiger partial charge on any atom is 0.115 e. The number of aliphatic hydroxyl groups excluding tert-OH is 1. The average Bonchev–Trinajstić information content (AvgIpc) is 2.91. The molecule has 1 aromatic carbocycles. The molecular weight excluding hydrogens is 238 g/mol. The fourth-order valence-electron chi connectivity index (χ4n) is 3.06. The quantitative estimate of drug-likeness (QED) is 0.739. The minimum absolute atomic E-state index is 0.0876. The largest absolute Gasteiger partial charge is 0.508 e. The van der Waals surface area contributed by atoms with Gasteiger partial charge in [-0.25, -0.2) is 0 Å². The number of nitrogens with one attached hydrogen (secondary N) is 1. The van der Waals surface area contributed by atoms with Crippen LogP contribution >= 0.6 is 0 Å². The lowest BCUT2D eigenvalue weighted by molar-refractivity contribution is 0.124. The molecule has 19 heavy (non-hydrogen) atoms. The number of phenols is 1. The molecule has 0 saturated heterocycles. The van der Waals surface area contributed by atoms with Crippen LogP contribution in [0.2, 0.25) is 0 Å². The van der Waals surface area contributed by atoms with Gasteiger partial charge in [-0.05, 0) is 37.0 Å². The molecule has 1 aliphatic rings. The Bertz CT molecular complexity index is 382. The van der Waals surface area contributed by atoms with Gasteiger partial charge < -0.3 is 15.5 Å². The van der Waals surface area contributed by atoms with Gasteiger partial charge in [-0.3, -0.25) is 0 Å². The van der Waals surface area contributed by atoms with Gasteiger partial charge in [0.25, 0.3) is 0 Å². The van der Waals surface area contributed by atoms with Crippen molar-refractivity contribution in [2.24, 2.45) is 5.41 Å². The summed E-state index contributed by atoms with van der Waals surface area (Å²) in [6, 6.07) is 7.70. The molecule has 1 atom stereocenters. The van der Waals surface area contributed by atoms with Crippen LogP contribution in [0.3, 0.4) is 0 Å². The van der Waals surface area contributed by atoms with Gasteiger partial charge >= 0.3 is 0 Å². The standard InChI is InChI=1S/C16H25NO2/c1-2-15(13-5-7-14(19)8-6-13)17-11-16(12-18)9-3-4-10-16/h5-8,15,17-19H,2-4,9-12H2,1H3. The van der Waals surface area contributed by atoms with Crippen molar-refractivity contribution in [2.45, 2.75) is 45.1 Å². The van der Waals surface area contributed by atoms with Gasteiger partial charge in [-0.2, -0.15) is 0 Å². The van der Waals surface area contributed by atoms with Crippen LogP contribution in [-0.4, -0.2) is 23.4 Å². The molecule has 0 amide bonds. The molecule has 1 saturated carbocycles. The zero-order valence-electron chi connectivity index (χ0n) is 11.7. The molecule has 0 heterocycles. The third kappa shape index (κ3) is 3.48. The summed E-state index contributed by atoms with van der Waals surface area (Å²) in [6.07, 6.45) is 5.73. The summed E-state index contributed by atoms with van der Waals surface area (Å²) in [5.41, 5.74) is 1.29. The predicted molar refractivity (Wildman–Crippen MR) is 77.1 cm³/mol. The van der Waals surface area contributed by atoms with Crippen molar-refractivity contribution in [2.75, 3.05) is 13.2 Å². The van der Waals surface area contributed by atoms with Crippen molar-refractivity contribution in [3.8, 4) is 5.75 Å². The lowest BCUT2D eigenvalue weighted by atomic mass is 9.86. The van der Waals surface area contributed by atoms with E-state index >= 15 is 0 Å². The first-order valence-corrected chi connectivity index (χ1v) is 7.32. The molecule has 2 rings (SSSR count). The second-order valence-corrected chi connectivity index (χ2v) is 5.80. The summed E-state index contributed by atoms with van der Waals surface area (Å²) < 4.78 is 0. The summed E-state index contributed by atoms with van der Waals surface area (Å²) in [6.45, 7) is 3.32. The Morgan fingerprint density at radius 2 is 1.84 bits per heavy atom. The molecule has 0 aliphatic heterocycles. The van der Waals surface area contributed by atoms with E-state index in [-0.39, 0.29) is 12.0 Å². The second-order valence-electron chi connectivity index (χ2n) is 5.80. The van der Waals surface area contributed by atoms with E-state index in [1.54, 1.807) is 12.1 Å². The third-order valence-electron chi connectivity index (χ3n) is 4.43. The minimum Gasteiger partial charge on any atom is -0.508 e. The molecule has 1 unspecified atom stereocenters. The Morgan fingerprint density at radius 1 is 1.21 bits per heavy atom. The highest BCUT2D eigenvalue weighted by atomic mass is 16.3. The summed E-state index contributed by atoms with van der Waals surface area (Å²) in [4.78, 5) is 0. The minimum atomic E-state index is 0.0876. The molecular formula is C16H25NO2. The summed E-state index contributed by atoms with van der Waals surface area (Å²) >= 11 is 0. The zero-order chi connectivity index (χ0) is 13.7. The lowest BCUT2D eigenvalue weighted by Gasteiger charge is -2.29. The number of phenolic OH excluding ortho intramolecular Hbond substituents is 1. The van der Waals surface area contributed by atoms with Crippen LogP contribution in [0.25, 0.3) is 0 Å². The van der Waals surface area contributed by atoms with Crippen LogP contribution < -0.4 is 5.32 Å². The van der Waals surface area contributed by atoms with Gasteiger partial charge in [-0.1, -0.05) is 31.9 Å². The first-order valence-electron chi connectivity index (χ1n) is 7.32. The van der Waals surface area contributed by atoms with Gasteiger partial charge in [0, 0.05) is 24.6 Å². The Balaban J connectivity index is 1.97. The zero-order valence-corrected chi connectivity index (χ0v) is 11.7. The van der Waals surface area contributed by atoms with Crippen LogP contribution in [0, 0.1) is 5.41 Å². The van der Waals surface area contributed by atoms with E-state index in [0.717, 1.165) is 25.8 Å². The van der Waals surface area contributed by atoms with Crippen molar-refractivity contribution in [3.63, 3.8) is 0 Å². The highest BCUT2D eigenvalue weighted by Gasteiger charge is 2.33. The number of benzene rings is 1. The highest BCUT2D eigenvalue weighted by Crippen LogP contribution is 2.37. The van der Waals surface area contributed by atoms with Crippen LogP contribution in [0.4, 0.5) is 0 Å². The molecule has 1 aliphatic carbocycles. The fraction of sp³-hybridized carbons (Fsp3) is 0.625. The molecule has 0 spiro atoms. The SMILES string of the molecule is CCC(NCC1(CO)CCCC1)c1ccc(O)cc1. The van der Waals surface area contributed by atoms with Crippen LogP contribution in [0.1, 0.15) is 50.6 Å². The number of hydrogen-bond donors (Lipinski definition) is 3. The van der Waals surface area contributed by atoms with E-state index in [2.05, 4.69) is 12.2 Å². The van der Waals surface area contributed by atoms with Crippen molar-refractivity contribution in [1.82, 2.24) is 5.32 Å². The van der Waals surface area contributed by atoms with Gasteiger partial charge in [0.05, 0.1) is 0 Å². The summed E-state index contributed by atoms with van der Waals surface area (Å²) in [5, 5.41) is 22.6. The van der Waals surface area contributed by atoms with Gasteiger partial charge in [0.2, 0.25) is 0 Å². The van der Waals surface area contributed by atoms with Gasteiger partial charge in [0.15, 0.2) is 0 Å². The molecule has 3 nitrogen and oxygen atoms in total. The number of aliphatic hydroxyl groups is 1. The Morgan fingerprint density at radius 3 is 2.37 bits per heavy atom. The van der Waals surface area contributed by atoms with Crippen LogP contribution in [0.5, 0.6) is 5.75 Å². The van der Waals surface area contributed by atoms with Gasteiger partial charge in [0.1, 0.15) is 5.75 Å². The predicted octanol–water partition coefficient (Wildman–Crippen LogP) is 2.99. The maximum atomic E-state index is 9.64. The van der Waals surface area contributed by atoms with Crippen molar-refractivity contribution in [3.05, 3.63) is 29.8 Å². The molecule has 0 bridgehead atoms. The molecule has 0 radical (unpaired) electrons. The summed E-state index contributed by atoms with van der Waals surface area (Å²) in [7, 11) is 0.